The maximum atomic E-state index is 6.31. The number of nitrogens with one attached hydrogen (secondary N) is 1. The SMILES string of the molecule is CNC1C(Cc2ccccc2)c2cc(OCCN)ccc2OC1(C)C. The second-order valence-corrected chi connectivity index (χ2v) is 7.10. The number of benzene rings is 2. The third-order valence-corrected chi connectivity index (χ3v) is 4.90. The molecule has 1 heterocycles. The summed E-state index contributed by atoms with van der Waals surface area (Å²) in [4.78, 5) is 0. The standard InChI is InChI=1S/C21H28N2O2/c1-21(2)20(23-3)18(13-15-7-5-4-6-8-15)17-14-16(24-12-11-22)9-10-19(17)25-21/h4-10,14,18,20,23H,11-13,22H2,1-3H3. The normalized spacial score (nSPS) is 21.3. The van der Waals surface area contributed by atoms with E-state index >= 15 is 0 Å². The molecule has 0 saturated carbocycles. The lowest BCUT2D eigenvalue weighted by atomic mass is 9.76. The van der Waals surface area contributed by atoms with Gasteiger partial charge in [0, 0.05) is 18.0 Å². The van der Waals surface area contributed by atoms with Crippen molar-refractivity contribution in [3.63, 3.8) is 0 Å². The number of hydrogen-bond acceptors (Lipinski definition) is 4. The van der Waals surface area contributed by atoms with Crippen LogP contribution < -0.4 is 20.5 Å². The van der Waals surface area contributed by atoms with Crippen LogP contribution in [0, 0.1) is 0 Å². The second kappa shape index (κ2) is 7.46. The Morgan fingerprint density at radius 2 is 1.92 bits per heavy atom. The van der Waals surface area contributed by atoms with E-state index in [0.717, 1.165) is 17.9 Å². The largest absolute Gasteiger partial charge is 0.492 e. The zero-order valence-corrected chi connectivity index (χ0v) is 15.3. The van der Waals surface area contributed by atoms with Gasteiger partial charge in [-0.2, -0.15) is 0 Å². The van der Waals surface area contributed by atoms with Gasteiger partial charge in [-0.25, -0.2) is 0 Å². The lowest BCUT2D eigenvalue weighted by Crippen LogP contribution is -2.55. The Labute approximate surface area is 150 Å². The summed E-state index contributed by atoms with van der Waals surface area (Å²) in [5, 5.41) is 3.48. The average Bonchev–Trinajstić information content (AvgIpc) is 2.60. The molecule has 0 radical (unpaired) electrons. The van der Waals surface area contributed by atoms with Gasteiger partial charge in [-0.1, -0.05) is 30.3 Å². The van der Waals surface area contributed by atoms with E-state index < -0.39 is 0 Å². The van der Waals surface area contributed by atoms with E-state index in [0.29, 0.717) is 19.1 Å². The average molecular weight is 340 g/mol. The lowest BCUT2D eigenvalue weighted by Gasteiger charge is -2.45. The topological polar surface area (TPSA) is 56.5 Å². The Morgan fingerprint density at radius 1 is 1.16 bits per heavy atom. The predicted molar refractivity (Wildman–Crippen MR) is 101 cm³/mol. The van der Waals surface area contributed by atoms with Crippen molar-refractivity contribution >= 4 is 0 Å². The minimum Gasteiger partial charge on any atom is -0.492 e. The maximum Gasteiger partial charge on any atom is 0.124 e. The smallest absolute Gasteiger partial charge is 0.124 e. The highest BCUT2D eigenvalue weighted by atomic mass is 16.5. The molecule has 0 aliphatic carbocycles. The molecule has 3 rings (SSSR count). The van der Waals surface area contributed by atoms with Crippen LogP contribution in [0.4, 0.5) is 0 Å². The third-order valence-electron chi connectivity index (χ3n) is 4.90. The van der Waals surface area contributed by atoms with Crippen LogP contribution in [0.3, 0.4) is 0 Å². The molecule has 2 unspecified atom stereocenters. The maximum absolute atomic E-state index is 6.31. The highest BCUT2D eigenvalue weighted by Gasteiger charge is 2.43. The highest BCUT2D eigenvalue weighted by Crippen LogP contribution is 2.44. The van der Waals surface area contributed by atoms with E-state index in [1.807, 2.05) is 19.2 Å². The van der Waals surface area contributed by atoms with E-state index in [9.17, 15) is 0 Å². The van der Waals surface area contributed by atoms with Crippen molar-refractivity contribution in [3.05, 3.63) is 59.7 Å². The quantitative estimate of drug-likeness (QED) is 0.848. The Hall–Kier alpha value is -2.04. The first-order chi connectivity index (χ1) is 12.0. The molecule has 25 heavy (non-hydrogen) atoms. The Bertz CT molecular complexity index is 700. The van der Waals surface area contributed by atoms with Crippen LogP contribution in [-0.4, -0.2) is 31.8 Å². The van der Waals surface area contributed by atoms with Gasteiger partial charge in [0.2, 0.25) is 0 Å². The molecule has 0 aromatic heterocycles. The van der Waals surface area contributed by atoms with Crippen molar-refractivity contribution < 1.29 is 9.47 Å². The number of hydrogen-bond donors (Lipinski definition) is 2. The second-order valence-electron chi connectivity index (χ2n) is 7.10. The Morgan fingerprint density at radius 3 is 2.60 bits per heavy atom. The summed E-state index contributed by atoms with van der Waals surface area (Å²) in [7, 11) is 2.01. The van der Waals surface area contributed by atoms with Crippen molar-refractivity contribution in [2.75, 3.05) is 20.2 Å². The van der Waals surface area contributed by atoms with Crippen LogP contribution in [-0.2, 0) is 6.42 Å². The summed E-state index contributed by atoms with van der Waals surface area (Å²) in [5.41, 5.74) is 7.79. The van der Waals surface area contributed by atoms with E-state index in [4.69, 9.17) is 15.2 Å². The molecule has 0 saturated heterocycles. The molecular formula is C21H28N2O2. The number of nitrogens with two attached hydrogens (primary N) is 1. The monoisotopic (exact) mass is 340 g/mol. The van der Waals surface area contributed by atoms with Gasteiger partial charge in [0.1, 0.15) is 23.7 Å². The van der Waals surface area contributed by atoms with Crippen molar-refractivity contribution in [1.82, 2.24) is 5.32 Å². The first-order valence-electron chi connectivity index (χ1n) is 8.92. The summed E-state index contributed by atoms with van der Waals surface area (Å²) in [6, 6.07) is 16.9. The van der Waals surface area contributed by atoms with Crippen LogP contribution in [0.5, 0.6) is 11.5 Å². The van der Waals surface area contributed by atoms with Crippen LogP contribution >= 0.6 is 0 Å². The van der Waals surface area contributed by atoms with Gasteiger partial charge in [0.05, 0.1) is 6.04 Å². The van der Waals surface area contributed by atoms with Crippen molar-refractivity contribution in [1.29, 1.82) is 0 Å². The van der Waals surface area contributed by atoms with Gasteiger partial charge in [0.15, 0.2) is 0 Å². The van der Waals surface area contributed by atoms with Gasteiger partial charge < -0.3 is 20.5 Å². The molecule has 4 heteroatoms. The minimum absolute atomic E-state index is 0.199. The third kappa shape index (κ3) is 3.80. The molecule has 2 aromatic carbocycles. The number of ether oxygens (including phenoxy) is 2. The molecular weight excluding hydrogens is 312 g/mol. The van der Waals surface area contributed by atoms with E-state index in [1.165, 1.54) is 11.1 Å². The fourth-order valence-corrected chi connectivity index (χ4v) is 3.83. The van der Waals surface area contributed by atoms with Crippen molar-refractivity contribution in [2.24, 2.45) is 5.73 Å². The molecule has 4 nitrogen and oxygen atoms in total. The van der Waals surface area contributed by atoms with E-state index in [1.54, 1.807) is 0 Å². The molecule has 0 amide bonds. The highest BCUT2D eigenvalue weighted by molar-refractivity contribution is 5.46. The van der Waals surface area contributed by atoms with Gasteiger partial charge in [0.25, 0.3) is 0 Å². The van der Waals surface area contributed by atoms with Crippen LogP contribution in [0.2, 0.25) is 0 Å². The number of fused-ring (bicyclic) bond motifs is 1. The van der Waals surface area contributed by atoms with Crippen LogP contribution in [0.15, 0.2) is 48.5 Å². The molecule has 1 aliphatic rings. The van der Waals surface area contributed by atoms with Crippen molar-refractivity contribution in [3.8, 4) is 11.5 Å². The Balaban J connectivity index is 1.99. The molecule has 0 spiro atoms. The van der Waals surface area contributed by atoms with E-state index in [-0.39, 0.29) is 11.6 Å². The molecule has 3 N–H and O–H groups in total. The first-order valence-corrected chi connectivity index (χ1v) is 8.92. The van der Waals surface area contributed by atoms with Gasteiger partial charge in [-0.05, 0) is 51.1 Å². The van der Waals surface area contributed by atoms with E-state index in [2.05, 4.69) is 55.6 Å². The lowest BCUT2D eigenvalue weighted by molar-refractivity contribution is 0.0365. The summed E-state index contributed by atoms with van der Waals surface area (Å²) in [6.45, 7) is 5.32. The Kier molecular flexibility index (Phi) is 5.30. The zero-order valence-electron chi connectivity index (χ0n) is 15.3. The minimum atomic E-state index is -0.291. The summed E-state index contributed by atoms with van der Waals surface area (Å²) >= 11 is 0. The summed E-state index contributed by atoms with van der Waals surface area (Å²) < 4.78 is 12.0. The fraction of sp³-hybridized carbons (Fsp3) is 0.429. The molecule has 0 bridgehead atoms. The predicted octanol–water partition coefficient (Wildman–Crippen LogP) is 3.11. The molecule has 0 fully saturated rings. The molecule has 2 atom stereocenters. The van der Waals surface area contributed by atoms with Crippen LogP contribution in [0.25, 0.3) is 0 Å². The number of likely N-dealkylation sites (N-methyl/N-ethyl adjacent to an activating group) is 1. The fourth-order valence-electron chi connectivity index (χ4n) is 3.83. The summed E-state index contributed by atoms with van der Waals surface area (Å²) in [6.07, 6.45) is 0.951. The number of rotatable bonds is 6. The molecule has 134 valence electrons. The zero-order chi connectivity index (χ0) is 17.9. The van der Waals surface area contributed by atoms with Crippen molar-refractivity contribution in [2.45, 2.75) is 37.8 Å². The van der Waals surface area contributed by atoms with Gasteiger partial charge in [-0.3, -0.25) is 0 Å². The van der Waals surface area contributed by atoms with Crippen LogP contribution in [0.1, 0.15) is 30.9 Å². The molecule has 2 aromatic rings. The van der Waals surface area contributed by atoms with Gasteiger partial charge in [-0.15, -0.1) is 0 Å². The first kappa shape index (κ1) is 17.8. The summed E-state index contributed by atoms with van der Waals surface area (Å²) in [5.74, 6) is 2.09. The molecule has 1 aliphatic heterocycles. The van der Waals surface area contributed by atoms with Gasteiger partial charge >= 0.3 is 0 Å².